The SMILES string of the molecule is [B]CCCCc1ccc(-c2cc(=O)c3ccc(O)c(O)c3o2)cc1. The number of hydrogen-bond donors (Lipinski definition) is 2. The maximum absolute atomic E-state index is 12.2. The largest absolute Gasteiger partial charge is 0.504 e. The molecule has 0 aliphatic rings. The van der Waals surface area contributed by atoms with Gasteiger partial charge in [-0.25, -0.2) is 0 Å². The number of hydrogen-bond acceptors (Lipinski definition) is 4. The van der Waals surface area contributed by atoms with Gasteiger partial charge in [-0.2, -0.15) is 0 Å². The molecule has 3 rings (SSSR count). The normalized spacial score (nSPS) is 11.0. The van der Waals surface area contributed by atoms with Crippen molar-refractivity contribution in [3.8, 4) is 22.8 Å². The lowest BCUT2D eigenvalue weighted by Gasteiger charge is -2.07. The number of unbranched alkanes of at least 4 members (excludes halogenated alkanes) is 1. The summed E-state index contributed by atoms with van der Waals surface area (Å²) in [6, 6.07) is 11.8. The Balaban J connectivity index is 1.97. The summed E-state index contributed by atoms with van der Waals surface area (Å²) in [7, 11) is 5.49. The molecule has 0 spiro atoms. The second-order valence-corrected chi connectivity index (χ2v) is 5.73. The second kappa shape index (κ2) is 6.83. The Morgan fingerprint density at radius 1 is 1.00 bits per heavy atom. The van der Waals surface area contributed by atoms with Gasteiger partial charge in [-0.3, -0.25) is 4.79 Å². The molecule has 3 aromatic rings. The smallest absolute Gasteiger partial charge is 0.201 e. The molecule has 2 aromatic carbocycles. The fourth-order valence-electron chi connectivity index (χ4n) is 2.65. The first-order valence-electron chi connectivity index (χ1n) is 7.88. The number of aromatic hydroxyl groups is 2. The van der Waals surface area contributed by atoms with Crippen LogP contribution in [0.4, 0.5) is 0 Å². The maximum atomic E-state index is 12.2. The van der Waals surface area contributed by atoms with Crippen LogP contribution in [-0.4, -0.2) is 18.1 Å². The van der Waals surface area contributed by atoms with Gasteiger partial charge in [-0.05, 0) is 30.5 Å². The molecule has 0 aliphatic carbocycles. The Labute approximate surface area is 140 Å². The Morgan fingerprint density at radius 2 is 1.75 bits per heavy atom. The highest BCUT2D eigenvalue weighted by Crippen LogP contribution is 2.34. The third-order valence-electron chi connectivity index (χ3n) is 4.01. The van der Waals surface area contributed by atoms with Crippen molar-refractivity contribution in [1.29, 1.82) is 0 Å². The molecule has 0 bridgehead atoms. The summed E-state index contributed by atoms with van der Waals surface area (Å²) in [6.07, 6.45) is 3.67. The fraction of sp³-hybridized carbons (Fsp3) is 0.211. The number of aryl methyl sites for hydroxylation is 1. The van der Waals surface area contributed by atoms with Crippen molar-refractivity contribution in [2.45, 2.75) is 25.6 Å². The van der Waals surface area contributed by atoms with Crippen LogP contribution in [-0.2, 0) is 6.42 Å². The zero-order chi connectivity index (χ0) is 17.1. The molecule has 0 saturated heterocycles. The molecular weight excluding hydrogens is 303 g/mol. The van der Waals surface area contributed by atoms with Crippen molar-refractivity contribution in [3.63, 3.8) is 0 Å². The number of rotatable bonds is 5. The van der Waals surface area contributed by atoms with E-state index in [9.17, 15) is 15.0 Å². The minimum Gasteiger partial charge on any atom is -0.504 e. The summed E-state index contributed by atoms with van der Waals surface area (Å²) < 4.78 is 5.65. The summed E-state index contributed by atoms with van der Waals surface area (Å²) in [6.45, 7) is 0. The van der Waals surface area contributed by atoms with Crippen molar-refractivity contribution >= 4 is 18.8 Å². The highest BCUT2D eigenvalue weighted by atomic mass is 16.4. The quantitative estimate of drug-likeness (QED) is 0.426. The van der Waals surface area contributed by atoms with Gasteiger partial charge in [-0.1, -0.05) is 37.0 Å². The zero-order valence-electron chi connectivity index (χ0n) is 13.2. The first-order chi connectivity index (χ1) is 11.6. The van der Waals surface area contributed by atoms with Crippen LogP contribution in [0, 0.1) is 0 Å². The summed E-state index contributed by atoms with van der Waals surface area (Å²) in [5.41, 5.74) is 1.65. The van der Waals surface area contributed by atoms with Gasteiger partial charge >= 0.3 is 0 Å². The van der Waals surface area contributed by atoms with Crippen LogP contribution in [0.3, 0.4) is 0 Å². The zero-order valence-corrected chi connectivity index (χ0v) is 13.2. The van der Waals surface area contributed by atoms with Crippen LogP contribution >= 0.6 is 0 Å². The Hall–Kier alpha value is -2.69. The third kappa shape index (κ3) is 3.16. The predicted octanol–water partition coefficient (Wildman–Crippen LogP) is 3.78. The number of phenols is 2. The summed E-state index contributed by atoms with van der Waals surface area (Å²) in [5, 5.41) is 19.7. The molecule has 0 fully saturated rings. The predicted molar refractivity (Wildman–Crippen MR) is 94.7 cm³/mol. The maximum Gasteiger partial charge on any atom is 0.201 e. The van der Waals surface area contributed by atoms with E-state index in [0.717, 1.165) is 24.8 Å². The van der Waals surface area contributed by atoms with Gasteiger partial charge in [0.25, 0.3) is 0 Å². The molecule has 5 heteroatoms. The lowest BCUT2D eigenvalue weighted by atomic mass is 9.97. The van der Waals surface area contributed by atoms with Crippen LogP contribution in [0.1, 0.15) is 18.4 Å². The average molecular weight is 320 g/mol. The molecule has 24 heavy (non-hydrogen) atoms. The molecule has 0 amide bonds. The van der Waals surface area contributed by atoms with Gasteiger partial charge in [0, 0.05) is 11.6 Å². The number of phenolic OH excluding ortho intramolecular Hbond substituents is 2. The summed E-state index contributed by atoms with van der Waals surface area (Å²) in [4.78, 5) is 12.2. The van der Waals surface area contributed by atoms with E-state index in [4.69, 9.17) is 12.3 Å². The molecule has 0 aliphatic heterocycles. The van der Waals surface area contributed by atoms with Crippen molar-refractivity contribution in [1.82, 2.24) is 0 Å². The van der Waals surface area contributed by atoms with Crippen LogP contribution < -0.4 is 5.43 Å². The van der Waals surface area contributed by atoms with Crippen molar-refractivity contribution in [2.24, 2.45) is 0 Å². The standard InChI is InChI=1S/C19H17BO4/c20-10-2-1-3-12-4-6-13(7-5-12)17-11-16(22)14-8-9-15(21)18(23)19(14)24-17/h4-9,11,21,23H,1-3,10H2. The van der Waals surface area contributed by atoms with Crippen LogP contribution in [0.25, 0.3) is 22.3 Å². The number of benzene rings is 2. The molecule has 0 saturated carbocycles. The Kier molecular flexibility index (Phi) is 4.60. The van der Waals surface area contributed by atoms with E-state index in [1.54, 1.807) is 0 Å². The van der Waals surface area contributed by atoms with E-state index in [0.29, 0.717) is 12.1 Å². The highest BCUT2D eigenvalue weighted by molar-refractivity contribution is 6.08. The Morgan fingerprint density at radius 3 is 2.46 bits per heavy atom. The highest BCUT2D eigenvalue weighted by Gasteiger charge is 2.13. The first kappa shape index (κ1) is 16.2. The molecule has 0 unspecified atom stereocenters. The van der Waals surface area contributed by atoms with Gasteiger partial charge in [0.1, 0.15) is 5.76 Å². The lowest BCUT2D eigenvalue weighted by molar-refractivity contribution is 0.400. The monoisotopic (exact) mass is 320 g/mol. The molecule has 4 nitrogen and oxygen atoms in total. The second-order valence-electron chi connectivity index (χ2n) is 5.73. The molecule has 0 atom stereocenters. The molecule has 2 N–H and O–H groups in total. The number of fused-ring (bicyclic) bond motifs is 1. The molecular formula is C19H17BO4. The van der Waals surface area contributed by atoms with Gasteiger partial charge in [0.2, 0.25) is 5.75 Å². The van der Waals surface area contributed by atoms with Crippen LogP contribution in [0.2, 0.25) is 6.32 Å². The van der Waals surface area contributed by atoms with Gasteiger partial charge in [0.05, 0.1) is 13.2 Å². The van der Waals surface area contributed by atoms with Gasteiger partial charge < -0.3 is 14.6 Å². The Bertz CT molecular complexity index is 913. The topological polar surface area (TPSA) is 70.7 Å². The first-order valence-corrected chi connectivity index (χ1v) is 7.88. The van der Waals surface area contributed by atoms with Gasteiger partial charge in [0.15, 0.2) is 16.8 Å². The van der Waals surface area contributed by atoms with E-state index >= 15 is 0 Å². The van der Waals surface area contributed by atoms with Crippen molar-refractivity contribution in [2.75, 3.05) is 0 Å². The van der Waals surface area contributed by atoms with E-state index in [-0.39, 0.29) is 22.1 Å². The van der Waals surface area contributed by atoms with E-state index in [1.165, 1.54) is 23.8 Å². The van der Waals surface area contributed by atoms with E-state index in [2.05, 4.69) is 0 Å². The third-order valence-corrected chi connectivity index (χ3v) is 4.01. The van der Waals surface area contributed by atoms with E-state index < -0.39 is 5.75 Å². The van der Waals surface area contributed by atoms with Crippen molar-refractivity contribution in [3.05, 3.63) is 58.3 Å². The fourth-order valence-corrected chi connectivity index (χ4v) is 2.65. The minimum absolute atomic E-state index is 0.00970. The van der Waals surface area contributed by atoms with E-state index in [1.807, 2.05) is 24.3 Å². The summed E-state index contributed by atoms with van der Waals surface area (Å²) in [5.74, 6) is -0.398. The average Bonchev–Trinajstić information content (AvgIpc) is 2.59. The van der Waals surface area contributed by atoms with Gasteiger partial charge in [-0.15, -0.1) is 0 Å². The molecule has 120 valence electrons. The van der Waals surface area contributed by atoms with Crippen LogP contribution in [0.5, 0.6) is 11.5 Å². The summed E-state index contributed by atoms with van der Waals surface area (Å²) >= 11 is 0. The van der Waals surface area contributed by atoms with Crippen LogP contribution in [0.15, 0.2) is 51.7 Å². The lowest BCUT2D eigenvalue weighted by Crippen LogP contribution is -2.00. The minimum atomic E-state index is -0.426. The molecule has 1 aromatic heterocycles. The van der Waals surface area contributed by atoms with Crippen molar-refractivity contribution < 1.29 is 14.6 Å². The molecule has 1 heterocycles. The molecule has 2 radical (unpaired) electrons.